The number of hydrogen-bond donors (Lipinski definition) is 2. The fourth-order valence-corrected chi connectivity index (χ4v) is 2.33. The smallest absolute Gasteiger partial charge is 0.337 e. The predicted octanol–water partition coefficient (Wildman–Crippen LogP) is 2.46. The number of nitrogens with one attached hydrogen (secondary N) is 2. The first-order valence-corrected chi connectivity index (χ1v) is 7.75. The number of rotatable bonds is 5. The van der Waals surface area contributed by atoms with Crippen molar-refractivity contribution in [3.05, 3.63) is 64.7 Å². The van der Waals surface area contributed by atoms with Crippen LogP contribution in [0.4, 0.5) is 5.69 Å². The molecule has 0 bridgehead atoms. The third-order valence-corrected chi connectivity index (χ3v) is 3.72. The topological polar surface area (TPSA) is 84.5 Å². The molecular formula is C19H20N2O4. The van der Waals surface area contributed by atoms with E-state index < -0.39 is 11.9 Å². The van der Waals surface area contributed by atoms with Gasteiger partial charge in [-0.2, -0.15) is 0 Å². The van der Waals surface area contributed by atoms with Crippen molar-refractivity contribution in [3.63, 3.8) is 0 Å². The number of benzene rings is 2. The lowest BCUT2D eigenvalue weighted by atomic mass is 10.1. The molecule has 0 aliphatic heterocycles. The van der Waals surface area contributed by atoms with Gasteiger partial charge in [0, 0.05) is 11.3 Å². The van der Waals surface area contributed by atoms with Crippen LogP contribution in [-0.4, -0.2) is 31.4 Å². The first-order chi connectivity index (χ1) is 11.9. The minimum absolute atomic E-state index is 0.147. The maximum Gasteiger partial charge on any atom is 0.337 e. The van der Waals surface area contributed by atoms with E-state index >= 15 is 0 Å². The number of methoxy groups -OCH3 is 1. The molecule has 6 nitrogen and oxygen atoms in total. The fraction of sp³-hybridized carbons (Fsp3) is 0.211. The van der Waals surface area contributed by atoms with Crippen LogP contribution in [-0.2, 0) is 9.53 Å². The van der Waals surface area contributed by atoms with Gasteiger partial charge in [0.25, 0.3) is 5.91 Å². The summed E-state index contributed by atoms with van der Waals surface area (Å²) in [5.74, 6) is -1.18. The molecular weight excluding hydrogens is 320 g/mol. The highest BCUT2D eigenvalue weighted by Crippen LogP contribution is 2.19. The van der Waals surface area contributed by atoms with Gasteiger partial charge in [-0.1, -0.05) is 18.2 Å². The first-order valence-electron chi connectivity index (χ1n) is 7.75. The Balaban J connectivity index is 1.93. The number of ether oxygens (including phenoxy) is 1. The number of anilines is 1. The Morgan fingerprint density at radius 2 is 1.48 bits per heavy atom. The lowest BCUT2D eigenvalue weighted by molar-refractivity contribution is -0.115. The van der Waals surface area contributed by atoms with Crippen LogP contribution < -0.4 is 10.6 Å². The summed E-state index contributed by atoms with van der Waals surface area (Å²) in [6, 6.07) is 11.7. The largest absolute Gasteiger partial charge is 0.465 e. The molecule has 0 heterocycles. The average Bonchev–Trinajstić information content (AvgIpc) is 2.62. The van der Waals surface area contributed by atoms with Crippen molar-refractivity contribution in [1.29, 1.82) is 0 Å². The van der Waals surface area contributed by atoms with Crippen molar-refractivity contribution in [2.75, 3.05) is 19.0 Å². The van der Waals surface area contributed by atoms with E-state index in [-0.39, 0.29) is 12.5 Å². The van der Waals surface area contributed by atoms with E-state index in [1.807, 2.05) is 32.0 Å². The second kappa shape index (κ2) is 8.10. The van der Waals surface area contributed by atoms with Crippen LogP contribution >= 0.6 is 0 Å². The maximum atomic E-state index is 12.1. The maximum absolute atomic E-state index is 12.1. The van der Waals surface area contributed by atoms with Crippen LogP contribution in [0.25, 0.3) is 0 Å². The zero-order valence-corrected chi connectivity index (χ0v) is 14.4. The van der Waals surface area contributed by atoms with Crippen molar-refractivity contribution < 1.29 is 19.1 Å². The van der Waals surface area contributed by atoms with Crippen LogP contribution in [0.2, 0.25) is 0 Å². The Hall–Kier alpha value is -3.15. The van der Waals surface area contributed by atoms with Crippen molar-refractivity contribution in [2.24, 2.45) is 0 Å². The van der Waals surface area contributed by atoms with Crippen LogP contribution in [0, 0.1) is 13.8 Å². The molecule has 6 heteroatoms. The van der Waals surface area contributed by atoms with E-state index in [4.69, 9.17) is 0 Å². The Labute approximate surface area is 146 Å². The van der Waals surface area contributed by atoms with Gasteiger partial charge in [-0.25, -0.2) is 4.79 Å². The van der Waals surface area contributed by atoms with Gasteiger partial charge in [0.1, 0.15) is 0 Å². The summed E-state index contributed by atoms with van der Waals surface area (Å²) in [6.07, 6.45) is 0. The Morgan fingerprint density at radius 1 is 0.920 bits per heavy atom. The minimum Gasteiger partial charge on any atom is -0.465 e. The normalized spacial score (nSPS) is 10.0. The molecule has 0 spiro atoms. The van der Waals surface area contributed by atoms with E-state index in [2.05, 4.69) is 15.4 Å². The van der Waals surface area contributed by atoms with Gasteiger partial charge < -0.3 is 15.4 Å². The molecule has 0 fully saturated rings. The van der Waals surface area contributed by atoms with E-state index in [0.717, 1.165) is 16.8 Å². The van der Waals surface area contributed by atoms with Crippen molar-refractivity contribution in [3.8, 4) is 0 Å². The summed E-state index contributed by atoms with van der Waals surface area (Å²) >= 11 is 0. The molecule has 0 aromatic heterocycles. The molecule has 0 aliphatic carbocycles. The van der Waals surface area contributed by atoms with Crippen molar-refractivity contribution >= 4 is 23.5 Å². The van der Waals surface area contributed by atoms with Gasteiger partial charge >= 0.3 is 5.97 Å². The number of hydrogen-bond acceptors (Lipinski definition) is 4. The molecule has 0 aliphatic rings. The number of aryl methyl sites for hydroxylation is 2. The predicted molar refractivity (Wildman–Crippen MR) is 94.7 cm³/mol. The molecule has 2 N–H and O–H groups in total. The highest BCUT2D eigenvalue weighted by Gasteiger charge is 2.11. The van der Waals surface area contributed by atoms with Gasteiger partial charge in [-0.05, 0) is 49.2 Å². The molecule has 2 aromatic rings. The number of carbonyl (C=O) groups is 3. The Morgan fingerprint density at radius 3 is 2.04 bits per heavy atom. The van der Waals surface area contributed by atoms with Crippen molar-refractivity contribution in [2.45, 2.75) is 13.8 Å². The standard InChI is InChI=1S/C19H20N2O4/c1-12-5-4-6-13(2)17(12)21-16(22)11-20-18(23)14-7-9-15(10-8-14)19(24)25-3/h4-10H,11H2,1-3H3,(H,20,23)(H,21,22). The van der Waals surface area contributed by atoms with Crippen LogP contribution in [0.1, 0.15) is 31.8 Å². The lowest BCUT2D eigenvalue weighted by Gasteiger charge is -2.12. The molecule has 2 amide bonds. The third-order valence-electron chi connectivity index (χ3n) is 3.72. The number of para-hydroxylation sites is 1. The highest BCUT2D eigenvalue weighted by atomic mass is 16.5. The summed E-state index contributed by atoms with van der Waals surface area (Å²) in [7, 11) is 1.29. The molecule has 130 valence electrons. The van der Waals surface area contributed by atoms with Crippen LogP contribution in [0.5, 0.6) is 0 Å². The Kier molecular flexibility index (Phi) is 5.89. The van der Waals surface area contributed by atoms with Crippen LogP contribution in [0.15, 0.2) is 42.5 Å². The summed E-state index contributed by atoms with van der Waals surface area (Å²) < 4.78 is 4.60. The number of esters is 1. The monoisotopic (exact) mass is 340 g/mol. The SMILES string of the molecule is COC(=O)c1ccc(C(=O)NCC(=O)Nc2c(C)cccc2C)cc1. The second-order valence-electron chi connectivity index (χ2n) is 5.57. The second-order valence-corrected chi connectivity index (χ2v) is 5.57. The van der Waals surface area contributed by atoms with Gasteiger partial charge in [-0.15, -0.1) is 0 Å². The molecule has 0 unspecified atom stereocenters. The van der Waals surface area contributed by atoms with Gasteiger partial charge in [-0.3, -0.25) is 9.59 Å². The summed E-state index contributed by atoms with van der Waals surface area (Å²) in [5, 5.41) is 5.36. The van der Waals surface area contributed by atoms with Gasteiger partial charge in [0.15, 0.2) is 0 Å². The fourth-order valence-electron chi connectivity index (χ4n) is 2.33. The van der Waals surface area contributed by atoms with Gasteiger partial charge in [0.05, 0.1) is 19.2 Å². The Bertz CT molecular complexity index is 777. The summed E-state index contributed by atoms with van der Waals surface area (Å²) in [6.45, 7) is 3.67. The van der Waals surface area contributed by atoms with Gasteiger partial charge in [0.2, 0.25) is 5.91 Å². The third kappa shape index (κ3) is 4.67. The molecule has 2 aromatic carbocycles. The molecule has 0 radical (unpaired) electrons. The zero-order valence-electron chi connectivity index (χ0n) is 14.4. The lowest BCUT2D eigenvalue weighted by Crippen LogP contribution is -2.33. The van der Waals surface area contributed by atoms with E-state index in [0.29, 0.717) is 11.1 Å². The quantitative estimate of drug-likeness (QED) is 0.819. The first kappa shape index (κ1) is 18.2. The zero-order chi connectivity index (χ0) is 18.4. The average molecular weight is 340 g/mol. The highest BCUT2D eigenvalue weighted by molar-refractivity contribution is 6.00. The molecule has 0 saturated carbocycles. The van der Waals surface area contributed by atoms with Crippen molar-refractivity contribution in [1.82, 2.24) is 5.32 Å². The van der Waals surface area contributed by atoms with E-state index in [9.17, 15) is 14.4 Å². The number of amides is 2. The molecule has 25 heavy (non-hydrogen) atoms. The number of carbonyl (C=O) groups excluding carboxylic acids is 3. The molecule has 2 rings (SSSR count). The van der Waals surface area contributed by atoms with Crippen LogP contribution in [0.3, 0.4) is 0 Å². The van der Waals surface area contributed by atoms with E-state index in [1.54, 1.807) is 0 Å². The molecule has 0 saturated heterocycles. The minimum atomic E-state index is -0.472. The molecule has 0 atom stereocenters. The summed E-state index contributed by atoms with van der Waals surface area (Å²) in [4.78, 5) is 35.5. The summed E-state index contributed by atoms with van der Waals surface area (Å²) in [5.41, 5.74) is 3.37. The van der Waals surface area contributed by atoms with E-state index in [1.165, 1.54) is 31.4 Å².